The van der Waals surface area contributed by atoms with E-state index in [0.29, 0.717) is 30.1 Å². The van der Waals surface area contributed by atoms with Gasteiger partial charge in [0, 0.05) is 19.6 Å². The molecule has 1 aromatic rings. The number of Topliss-reactive ketones (excluding diaryl/α,β-unsaturated/α-hetero) is 1. The molecular weight excluding hydrogens is 322 g/mol. The van der Waals surface area contributed by atoms with E-state index >= 15 is 0 Å². The molecule has 0 aromatic heterocycles. The monoisotopic (exact) mass is 357 g/mol. The molecule has 0 amide bonds. The van der Waals surface area contributed by atoms with Crippen molar-refractivity contribution in [1.82, 2.24) is 4.90 Å². The zero-order chi connectivity index (χ0) is 18.4. The van der Waals surface area contributed by atoms with Gasteiger partial charge in [0.2, 0.25) is 0 Å². The molecule has 2 aliphatic rings. The first-order chi connectivity index (χ1) is 12.8. The smallest absolute Gasteiger partial charge is 0.150 e. The molecule has 26 heavy (non-hydrogen) atoms. The average molecular weight is 358 g/mol. The van der Waals surface area contributed by atoms with Gasteiger partial charge in [-0.1, -0.05) is 62.9 Å². The van der Waals surface area contributed by atoms with Gasteiger partial charge in [-0.2, -0.15) is 0 Å². The van der Waals surface area contributed by atoms with Crippen molar-refractivity contribution < 1.29 is 9.53 Å². The summed E-state index contributed by atoms with van der Waals surface area (Å²) >= 11 is 0. The van der Waals surface area contributed by atoms with Crippen LogP contribution in [0.25, 0.3) is 0 Å². The highest BCUT2D eigenvalue weighted by Gasteiger charge is 2.47. The molecule has 0 bridgehead atoms. The van der Waals surface area contributed by atoms with E-state index < -0.39 is 0 Å². The third-order valence-electron chi connectivity index (χ3n) is 6.43. The van der Waals surface area contributed by atoms with Gasteiger partial charge in [-0.3, -0.25) is 9.69 Å². The number of nitrogens with zero attached hydrogens (tertiary/aromatic N) is 1. The lowest BCUT2D eigenvalue weighted by molar-refractivity contribution is -0.123. The van der Waals surface area contributed by atoms with Gasteiger partial charge in [0.25, 0.3) is 0 Å². The minimum absolute atomic E-state index is 0.101. The third-order valence-corrected chi connectivity index (χ3v) is 6.43. The highest BCUT2D eigenvalue weighted by molar-refractivity contribution is 5.88. The summed E-state index contributed by atoms with van der Waals surface area (Å²) in [6.07, 6.45) is 9.34. The molecule has 0 spiro atoms. The van der Waals surface area contributed by atoms with Crippen molar-refractivity contribution in [2.45, 2.75) is 76.3 Å². The van der Waals surface area contributed by atoms with Crippen molar-refractivity contribution in [3.63, 3.8) is 0 Å². The van der Waals surface area contributed by atoms with E-state index in [9.17, 15) is 4.79 Å². The van der Waals surface area contributed by atoms with Crippen LogP contribution in [-0.4, -0.2) is 43.0 Å². The molecule has 144 valence electrons. The fraction of sp³-hybridized carbons (Fsp3) is 0.696. The summed E-state index contributed by atoms with van der Waals surface area (Å²) in [5.41, 5.74) is 1.35. The second kappa shape index (κ2) is 9.66. The summed E-state index contributed by atoms with van der Waals surface area (Å²) in [5.74, 6) is 1.31. The predicted molar refractivity (Wildman–Crippen MR) is 106 cm³/mol. The van der Waals surface area contributed by atoms with Gasteiger partial charge in [0.15, 0.2) is 5.78 Å². The van der Waals surface area contributed by atoms with Gasteiger partial charge in [-0.15, -0.1) is 0 Å². The van der Waals surface area contributed by atoms with Crippen molar-refractivity contribution >= 4 is 5.78 Å². The molecule has 1 heterocycles. The normalized spacial score (nSPS) is 29.5. The predicted octanol–water partition coefficient (Wildman–Crippen LogP) is 4.81. The number of carbonyl (C=O) groups is 1. The van der Waals surface area contributed by atoms with Crippen molar-refractivity contribution in [3.8, 4) is 0 Å². The van der Waals surface area contributed by atoms with Gasteiger partial charge in [0.05, 0.1) is 12.6 Å². The first kappa shape index (κ1) is 19.6. The van der Waals surface area contributed by atoms with E-state index in [4.69, 9.17) is 4.74 Å². The summed E-state index contributed by atoms with van der Waals surface area (Å²) in [4.78, 5) is 15.6. The van der Waals surface area contributed by atoms with Crippen LogP contribution in [0.3, 0.4) is 0 Å². The standard InChI is InChI=1S/C23H35NO2/c1-3-4-5-9-14-20-21(18-11-7-6-8-12-18)16-22(25)23(20)24-15-10-13-19(24)17-26-2/h6-8,11-12,19-21,23H,3-5,9-10,13-17H2,1-2H3/t19-,20-,21+,23-/m0/s1. The maximum atomic E-state index is 13.1. The minimum atomic E-state index is 0.101. The maximum Gasteiger partial charge on any atom is 0.150 e. The van der Waals surface area contributed by atoms with E-state index in [1.807, 2.05) is 0 Å². The zero-order valence-corrected chi connectivity index (χ0v) is 16.5. The van der Waals surface area contributed by atoms with Crippen LogP contribution in [0.4, 0.5) is 0 Å². The average Bonchev–Trinajstić information content (AvgIpc) is 3.23. The van der Waals surface area contributed by atoms with Crippen LogP contribution < -0.4 is 0 Å². The van der Waals surface area contributed by atoms with Crippen LogP contribution in [0, 0.1) is 5.92 Å². The molecule has 0 N–H and O–H groups in total. The third kappa shape index (κ3) is 4.37. The summed E-state index contributed by atoms with van der Waals surface area (Å²) in [5, 5.41) is 0. The molecule has 0 unspecified atom stereocenters. The maximum absolute atomic E-state index is 13.1. The number of ketones is 1. The second-order valence-corrected chi connectivity index (χ2v) is 8.13. The van der Waals surface area contributed by atoms with Crippen LogP contribution in [0.5, 0.6) is 0 Å². The van der Waals surface area contributed by atoms with Gasteiger partial charge in [-0.05, 0) is 43.2 Å². The highest BCUT2D eigenvalue weighted by Crippen LogP contribution is 2.44. The number of methoxy groups -OCH3 is 1. The first-order valence-electron chi connectivity index (χ1n) is 10.6. The largest absolute Gasteiger partial charge is 0.383 e. The van der Waals surface area contributed by atoms with Gasteiger partial charge >= 0.3 is 0 Å². The summed E-state index contributed by atoms with van der Waals surface area (Å²) in [6.45, 7) is 4.06. The fourth-order valence-corrected chi connectivity index (χ4v) is 5.21. The van der Waals surface area contributed by atoms with E-state index in [1.54, 1.807) is 7.11 Å². The van der Waals surface area contributed by atoms with Crippen molar-refractivity contribution in [1.29, 1.82) is 0 Å². The molecule has 2 fully saturated rings. The van der Waals surface area contributed by atoms with E-state index in [-0.39, 0.29) is 6.04 Å². The number of benzene rings is 1. The summed E-state index contributed by atoms with van der Waals surface area (Å²) < 4.78 is 5.46. The first-order valence-corrected chi connectivity index (χ1v) is 10.6. The Labute approximate surface area is 159 Å². The summed E-state index contributed by atoms with van der Waals surface area (Å²) in [7, 11) is 1.78. The van der Waals surface area contributed by atoms with Crippen LogP contribution in [-0.2, 0) is 9.53 Å². The van der Waals surface area contributed by atoms with Crippen molar-refractivity contribution in [2.75, 3.05) is 20.3 Å². The molecular formula is C23H35NO2. The lowest BCUT2D eigenvalue weighted by Gasteiger charge is -2.34. The Balaban J connectivity index is 1.79. The van der Waals surface area contributed by atoms with Crippen LogP contribution in [0.15, 0.2) is 30.3 Å². The van der Waals surface area contributed by atoms with Crippen LogP contribution in [0.2, 0.25) is 0 Å². The Bertz CT molecular complexity index is 559. The van der Waals surface area contributed by atoms with Gasteiger partial charge < -0.3 is 4.74 Å². The molecule has 1 aliphatic heterocycles. The lowest BCUT2D eigenvalue weighted by atomic mass is 9.83. The SMILES string of the molecule is CCCCCC[C@H]1[C@@H](c2ccccc2)CC(=O)[C@H]1N1CCC[C@H]1COC. The Hall–Kier alpha value is -1.19. The molecule has 1 saturated carbocycles. The number of hydrogen-bond donors (Lipinski definition) is 0. The molecule has 3 heteroatoms. The number of hydrogen-bond acceptors (Lipinski definition) is 3. The Morgan fingerprint density at radius 1 is 1.15 bits per heavy atom. The molecule has 1 aliphatic carbocycles. The van der Waals surface area contributed by atoms with E-state index in [0.717, 1.165) is 19.6 Å². The second-order valence-electron chi connectivity index (χ2n) is 8.13. The topological polar surface area (TPSA) is 29.5 Å². The Morgan fingerprint density at radius 2 is 1.96 bits per heavy atom. The highest BCUT2D eigenvalue weighted by atomic mass is 16.5. The van der Waals surface area contributed by atoms with E-state index in [2.05, 4.69) is 42.2 Å². The fourth-order valence-electron chi connectivity index (χ4n) is 5.21. The molecule has 3 rings (SSSR count). The summed E-state index contributed by atoms with van der Waals surface area (Å²) in [6, 6.07) is 11.3. The van der Waals surface area contributed by atoms with Gasteiger partial charge in [-0.25, -0.2) is 0 Å². The van der Waals surface area contributed by atoms with E-state index in [1.165, 1.54) is 44.1 Å². The number of unbranched alkanes of at least 4 members (excludes halogenated alkanes) is 3. The number of likely N-dealkylation sites (tertiary alicyclic amines) is 1. The molecule has 0 radical (unpaired) electrons. The number of carbonyl (C=O) groups excluding carboxylic acids is 1. The van der Waals surface area contributed by atoms with Crippen LogP contribution >= 0.6 is 0 Å². The zero-order valence-electron chi connectivity index (χ0n) is 16.5. The van der Waals surface area contributed by atoms with Gasteiger partial charge in [0.1, 0.15) is 0 Å². The Kier molecular flexibility index (Phi) is 7.27. The number of ether oxygens (including phenoxy) is 1. The lowest BCUT2D eigenvalue weighted by Crippen LogP contribution is -2.47. The number of rotatable bonds is 9. The minimum Gasteiger partial charge on any atom is -0.383 e. The van der Waals surface area contributed by atoms with Crippen molar-refractivity contribution in [3.05, 3.63) is 35.9 Å². The van der Waals surface area contributed by atoms with Crippen LogP contribution in [0.1, 0.15) is 69.8 Å². The van der Waals surface area contributed by atoms with Crippen molar-refractivity contribution in [2.24, 2.45) is 5.92 Å². The Morgan fingerprint density at radius 3 is 2.69 bits per heavy atom. The molecule has 4 atom stereocenters. The quantitative estimate of drug-likeness (QED) is 0.594. The molecule has 1 aromatic carbocycles. The molecule has 3 nitrogen and oxygen atoms in total. The molecule has 1 saturated heterocycles.